The largest absolute Gasteiger partial charge is 0.610 e. The van der Waals surface area contributed by atoms with Gasteiger partial charge in [0.05, 0.1) is 17.5 Å². The Labute approximate surface area is 145 Å². The molecule has 0 aliphatic carbocycles. The van der Waals surface area contributed by atoms with Crippen molar-refractivity contribution in [2.45, 2.75) is 10.8 Å². The molecule has 24 heavy (non-hydrogen) atoms. The third-order valence-electron chi connectivity index (χ3n) is 2.77. The van der Waals surface area contributed by atoms with Gasteiger partial charge in [-0.15, -0.1) is 11.3 Å². The summed E-state index contributed by atoms with van der Waals surface area (Å²) in [5, 5.41) is 5.71. The second kappa shape index (κ2) is 7.47. The second-order valence-corrected chi connectivity index (χ2v) is 8.08. The standard InChI is InChI=1S/C13H8F3N3O2S3/c14-7(10(15)16)3-5-24(20)13-17-6-9(23-13)11-18-12(21-19-11)8-2-1-4-22-8/h1-2,4,6H,3,5H2. The topological polar surface area (TPSA) is 74.9 Å². The van der Waals surface area contributed by atoms with Crippen LogP contribution in [0.3, 0.4) is 0 Å². The highest BCUT2D eigenvalue weighted by atomic mass is 32.2. The van der Waals surface area contributed by atoms with E-state index in [-0.39, 0.29) is 10.1 Å². The molecule has 0 saturated heterocycles. The molecule has 0 fully saturated rings. The Kier molecular flexibility index (Phi) is 5.33. The summed E-state index contributed by atoms with van der Waals surface area (Å²) in [7, 11) is 0. The smallest absolute Gasteiger partial charge is 0.302 e. The first-order valence-electron chi connectivity index (χ1n) is 6.46. The first-order valence-corrected chi connectivity index (χ1v) is 9.48. The van der Waals surface area contributed by atoms with Gasteiger partial charge in [0.25, 0.3) is 5.89 Å². The minimum absolute atomic E-state index is 0.194. The molecule has 5 nitrogen and oxygen atoms in total. The Balaban J connectivity index is 1.70. The van der Waals surface area contributed by atoms with Crippen molar-refractivity contribution in [3.8, 4) is 21.5 Å². The Morgan fingerprint density at radius 3 is 2.83 bits per heavy atom. The van der Waals surface area contributed by atoms with Crippen molar-refractivity contribution in [1.82, 2.24) is 15.1 Å². The van der Waals surface area contributed by atoms with Gasteiger partial charge in [0.15, 0.2) is 5.83 Å². The average Bonchev–Trinajstić information content (AvgIpc) is 3.31. The van der Waals surface area contributed by atoms with Gasteiger partial charge in [-0.1, -0.05) is 22.6 Å². The molecule has 3 heterocycles. The molecule has 3 aromatic rings. The third-order valence-corrected chi connectivity index (χ3v) is 6.29. The van der Waals surface area contributed by atoms with E-state index in [0.717, 1.165) is 16.2 Å². The number of hydrogen-bond donors (Lipinski definition) is 0. The van der Waals surface area contributed by atoms with E-state index >= 15 is 0 Å². The van der Waals surface area contributed by atoms with Crippen LogP contribution >= 0.6 is 22.7 Å². The number of nitrogens with zero attached hydrogens (tertiary/aromatic N) is 3. The van der Waals surface area contributed by atoms with Crippen LogP contribution in [0.4, 0.5) is 13.2 Å². The lowest BCUT2D eigenvalue weighted by Gasteiger charge is -2.04. The van der Waals surface area contributed by atoms with Gasteiger partial charge in [0.1, 0.15) is 10.6 Å². The van der Waals surface area contributed by atoms with Gasteiger partial charge in [0.2, 0.25) is 5.82 Å². The number of aromatic nitrogens is 3. The van der Waals surface area contributed by atoms with Crippen LogP contribution < -0.4 is 0 Å². The van der Waals surface area contributed by atoms with Gasteiger partial charge in [0, 0.05) is 11.2 Å². The SMILES string of the molecule is [O-][S+](CCC(F)=C(F)F)c1ncc(-c2noc(-c3cccs3)n2)s1. The number of allylic oxidation sites excluding steroid dienone is 1. The number of thiophene rings is 1. The molecule has 0 spiro atoms. The average molecular weight is 391 g/mol. The van der Waals surface area contributed by atoms with E-state index in [9.17, 15) is 17.7 Å². The van der Waals surface area contributed by atoms with Crippen LogP contribution in [0, 0.1) is 0 Å². The maximum absolute atomic E-state index is 12.8. The highest BCUT2D eigenvalue weighted by Gasteiger charge is 2.21. The fourth-order valence-corrected chi connectivity index (χ4v) is 4.47. The highest BCUT2D eigenvalue weighted by Crippen LogP contribution is 2.30. The summed E-state index contributed by atoms with van der Waals surface area (Å²) in [4.78, 5) is 9.53. The van der Waals surface area contributed by atoms with Gasteiger partial charge in [-0.2, -0.15) is 18.7 Å². The summed E-state index contributed by atoms with van der Waals surface area (Å²) in [6.07, 6.45) is -1.57. The van der Waals surface area contributed by atoms with E-state index in [2.05, 4.69) is 15.1 Å². The number of rotatable bonds is 6. The molecular weight excluding hydrogens is 383 g/mol. The fourth-order valence-electron chi connectivity index (χ4n) is 1.65. The Morgan fingerprint density at radius 2 is 2.12 bits per heavy atom. The van der Waals surface area contributed by atoms with Gasteiger partial charge < -0.3 is 9.08 Å². The number of halogens is 3. The Hall–Kier alpha value is -1.69. The molecule has 0 amide bonds. The maximum atomic E-state index is 12.8. The number of hydrogen-bond acceptors (Lipinski definition) is 7. The molecule has 1 atom stereocenters. The zero-order valence-corrected chi connectivity index (χ0v) is 14.2. The molecule has 0 N–H and O–H groups in total. The first kappa shape index (κ1) is 17.1. The molecule has 11 heteroatoms. The molecule has 1 unspecified atom stereocenters. The van der Waals surface area contributed by atoms with Crippen molar-refractivity contribution in [2.24, 2.45) is 0 Å². The van der Waals surface area contributed by atoms with E-state index in [1.165, 1.54) is 17.5 Å². The Morgan fingerprint density at radius 1 is 1.29 bits per heavy atom. The van der Waals surface area contributed by atoms with Crippen LogP contribution in [-0.2, 0) is 11.2 Å². The van der Waals surface area contributed by atoms with Crippen LogP contribution in [0.5, 0.6) is 0 Å². The molecule has 0 aliphatic rings. The van der Waals surface area contributed by atoms with Crippen molar-refractivity contribution >= 4 is 33.8 Å². The Bertz CT molecular complexity index is 844. The second-order valence-electron chi connectivity index (χ2n) is 4.36. The van der Waals surface area contributed by atoms with Crippen LogP contribution in [0.15, 0.2) is 44.5 Å². The van der Waals surface area contributed by atoms with Crippen LogP contribution in [-0.4, -0.2) is 25.4 Å². The lowest BCUT2D eigenvalue weighted by atomic mass is 10.4. The van der Waals surface area contributed by atoms with E-state index in [1.54, 1.807) is 0 Å². The van der Waals surface area contributed by atoms with Crippen LogP contribution in [0.25, 0.3) is 21.5 Å². The maximum Gasteiger partial charge on any atom is 0.302 e. The monoisotopic (exact) mass is 391 g/mol. The van der Waals surface area contributed by atoms with Crippen molar-refractivity contribution in [3.63, 3.8) is 0 Å². The molecular formula is C13H8F3N3O2S3. The summed E-state index contributed by atoms with van der Waals surface area (Å²) < 4.78 is 54.1. The first-order chi connectivity index (χ1) is 11.5. The van der Waals surface area contributed by atoms with Crippen molar-refractivity contribution < 1.29 is 22.2 Å². The van der Waals surface area contributed by atoms with Gasteiger partial charge >= 0.3 is 10.4 Å². The predicted molar refractivity (Wildman–Crippen MR) is 85.0 cm³/mol. The van der Waals surface area contributed by atoms with Gasteiger partial charge in [-0.3, -0.25) is 0 Å². The predicted octanol–water partition coefficient (Wildman–Crippen LogP) is 4.50. The quantitative estimate of drug-likeness (QED) is 0.579. The fraction of sp³-hybridized carbons (Fsp3) is 0.154. The van der Waals surface area contributed by atoms with Crippen LogP contribution in [0.2, 0.25) is 0 Å². The number of thiazole rings is 1. The summed E-state index contributed by atoms with van der Waals surface area (Å²) >= 11 is 0.813. The zero-order chi connectivity index (χ0) is 17.1. The van der Waals surface area contributed by atoms with E-state index in [1.807, 2.05) is 17.5 Å². The molecule has 0 bridgehead atoms. The minimum Gasteiger partial charge on any atom is -0.610 e. The van der Waals surface area contributed by atoms with Crippen molar-refractivity contribution in [1.29, 1.82) is 0 Å². The lowest BCUT2D eigenvalue weighted by Crippen LogP contribution is -2.06. The van der Waals surface area contributed by atoms with Gasteiger partial charge in [-0.05, 0) is 11.4 Å². The van der Waals surface area contributed by atoms with Gasteiger partial charge in [-0.25, -0.2) is 4.39 Å². The molecule has 3 aromatic heterocycles. The third kappa shape index (κ3) is 3.86. The normalized spacial score (nSPS) is 12.3. The minimum atomic E-state index is -2.39. The molecule has 0 saturated carbocycles. The zero-order valence-electron chi connectivity index (χ0n) is 11.7. The molecule has 126 valence electrons. The molecule has 0 aromatic carbocycles. The summed E-state index contributed by atoms with van der Waals surface area (Å²) in [6.45, 7) is 0. The highest BCUT2D eigenvalue weighted by molar-refractivity contribution is 7.93. The molecule has 3 rings (SSSR count). The van der Waals surface area contributed by atoms with E-state index in [0.29, 0.717) is 16.6 Å². The van der Waals surface area contributed by atoms with E-state index in [4.69, 9.17) is 4.52 Å². The summed E-state index contributed by atoms with van der Waals surface area (Å²) in [5.41, 5.74) is 0. The molecule has 0 radical (unpaired) electrons. The lowest BCUT2D eigenvalue weighted by molar-refractivity contribution is 0.373. The summed E-state index contributed by atoms with van der Waals surface area (Å²) in [6, 6.07) is 3.69. The molecule has 0 aliphatic heterocycles. The van der Waals surface area contributed by atoms with E-state index < -0.39 is 29.5 Å². The van der Waals surface area contributed by atoms with Crippen molar-refractivity contribution in [3.05, 3.63) is 35.6 Å². The van der Waals surface area contributed by atoms with Crippen molar-refractivity contribution in [2.75, 3.05) is 5.75 Å². The van der Waals surface area contributed by atoms with Crippen LogP contribution in [0.1, 0.15) is 6.42 Å². The summed E-state index contributed by atoms with van der Waals surface area (Å²) in [5.74, 6) is -1.18.